The molecule has 8 heteroatoms. The topological polar surface area (TPSA) is 117 Å². The molecule has 8 nitrogen and oxygen atoms in total. The fourth-order valence-electron chi connectivity index (χ4n) is 2.13. The van der Waals surface area contributed by atoms with Gasteiger partial charge in [0.15, 0.2) is 0 Å². The van der Waals surface area contributed by atoms with Gasteiger partial charge in [0.1, 0.15) is 12.2 Å². The van der Waals surface area contributed by atoms with Crippen LogP contribution in [0.4, 0.5) is 0 Å². The van der Waals surface area contributed by atoms with E-state index in [9.17, 15) is 19.8 Å². The van der Waals surface area contributed by atoms with Gasteiger partial charge in [0, 0.05) is 13.1 Å². The average molecular weight is 230 g/mol. The zero-order valence-corrected chi connectivity index (χ0v) is 8.10. The third-order valence-electron chi connectivity index (χ3n) is 3.06. The molecule has 3 saturated heterocycles. The molecule has 0 aromatic heterocycles. The third-order valence-corrected chi connectivity index (χ3v) is 3.06. The van der Waals surface area contributed by atoms with Gasteiger partial charge in [-0.2, -0.15) is 0 Å². The first-order valence-corrected chi connectivity index (χ1v) is 4.84. The first-order chi connectivity index (χ1) is 7.47. The van der Waals surface area contributed by atoms with E-state index in [0.29, 0.717) is 0 Å². The Hall–Kier alpha value is -1.22. The number of carbonyl (C=O) groups excluding carboxylic acids is 2. The van der Waals surface area contributed by atoms with Gasteiger partial charge in [-0.05, 0) is 0 Å². The van der Waals surface area contributed by atoms with E-state index in [4.69, 9.17) is 9.47 Å². The van der Waals surface area contributed by atoms with Crippen molar-refractivity contribution in [2.75, 3.05) is 13.1 Å². The lowest BCUT2D eigenvalue weighted by Crippen LogP contribution is -2.65. The molecule has 88 valence electrons. The lowest BCUT2D eigenvalue weighted by molar-refractivity contribution is -0.377. The van der Waals surface area contributed by atoms with Crippen LogP contribution in [0.1, 0.15) is 0 Å². The highest BCUT2D eigenvalue weighted by molar-refractivity contribution is 5.89. The Labute approximate surface area is 89.5 Å². The number of aliphatic hydroxyl groups is 2. The summed E-state index contributed by atoms with van der Waals surface area (Å²) in [5, 5.41) is 24.5. The van der Waals surface area contributed by atoms with Crippen LogP contribution in [-0.4, -0.2) is 58.9 Å². The molecule has 3 fully saturated rings. The van der Waals surface area contributed by atoms with Crippen molar-refractivity contribution in [1.82, 2.24) is 10.6 Å². The fourth-order valence-corrected chi connectivity index (χ4v) is 2.13. The Morgan fingerprint density at radius 1 is 1.00 bits per heavy atom. The van der Waals surface area contributed by atoms with E-state index in [1.165, 1.54) is 0 Å². The van der Waals surface area contributed by atoms with Crippen molar-refractivity contribution in [3.63, 3.8) is 0 Å². The maximum absolute atomic E-state index is 11.4. The fraction of sp³-hybridized carbons (Fsp3) is 0.750. The van der Waals surface area contributed by atoms with Crippen molar-refractivity contribution in [3.05, 3.63) is 0 Å². The maximum atomic E-state index is 11.4. The molecule has 3 aliphatic rings. The van der Waals surface area contributed by atoms with Crippen molar-refractivity contribution in [1.29, 1.82) is 0 Å². The molecule has 0 unspecified atom stereocenters. The van der Waals surface area contributed by atoms with E-state index in [1.54, 1.807) is 0 Å². The molecule has 0 radical (unpaired) electrons. The van der Waals surface area contributed by atoms with Crippen LogP contribution in [-0.2, 0) is 19.1 Å². The maximum Gasteiger partial charge on any atom is 0.283 e. The van der Waals surface area contributed by atoms with Crippen LogP contribution in [0.5, 0.6) is 0 Å². The van der Waals surface area contributed by atoms with E-state index >= 15 is 0 Å². The second-order valence-electron chi connectivity index (χ2n) is 4.03. The number of nitrogens with one attached hydrogen (secondary N) is 2. The Kier molecular flexibility index (Phi) is 1.69. The summed E-state index contributed by atoms with van der Waals surface area (Å²) in [5.41, 5.74) is 0. The molecule has 3 rings (SSSR count). The largest absolute Gasteiger partial charge is 0.356 e. The van der Waals surface area contributed by atoms with Crippen molar-refractivity contribution < 1.29 is 29.3 Å². The summed E-state index contributed by atoms with van der Waals surface area (Å²) in [4.78, 5) is 22.7. The van der Waals surface area contributed by atoms with Crippen molar-refractivity contribution in [2.24, 2.45) is 0 Å². The molecule has 0 bridgehead atoms. The third kappa shape index (κ3) is 0.969. The number of hydrogen-bond acceptors (Lipinski definition) is 6. The van der Waals surface area contributed by atoms with Gasteiger partial charge in [0.2, 0.25) is 0 Å². The van der Waals surface area contributed by atoms with Gasteiger partial charge in [0.05, 0.1) is 0 Å². The highest BCUT2D eigenvalue weighted by atomic mass is 16.7. The molecular weight excluding hydrogens is 220 g/mol. The SMILES string of the molecule is O=C1NC[C@@H]2O[C@]3(O)C(=O)NC[C@@H]3O[C@@]12O. The van der Waals surface area contributed by atoms with Gasteiger partial charge in [-0.3, -0.25) is 9.59 Å². The lowest BCUT2D eigenvalue weighted by Gasteiger charge is -2.41. The Morgan fingerprint density at radius 3 is 1.75 bits per heavy atom. The zero-order chi connectivity index (χ0) is 11.6. The van der Waals surface area contributed by atoms with Crippen molar-refractivity contribution in [2.45, 2.75) is 23.8 Å². The van der Waals surface area contributed by atoms with Crippen LogP contribution in [0.15, 0.2) is 0 Å². The molecule has 4 N–H and O–H groups in total. The number of hydrogen-bond donors (Lipinski definition) is 4. The Balaban J connectivity index is 1.97. The molecule has 2 amide bonds. The summed E-state index contributed by atoms with van der Waals surface area (Å²) < 4.78 is 10.2. The van der Waals surface area contributed by atoms with Gasteiger partial charge in [-0.1, -0.05) is 0 Å². The van der Waals surface area contributed by atoms with Crippen LogP contribution in [0.25, 0.3) is 0 Å². The number of rotatable bonds is 0. The normalized spacial score (nSPS) is 50.6. The van der Waals surface area contributed by atoms with Gasteiger partial charge in [0.25, 0.3) is 23.4 Å². The van der Waals surface area contributed by atoms with E-state index in [0.717, 1.165) is 0 Å². The molecule has 0 spiro atoms. The number of fused-ring (bicyclic) bond motifs is 2. The Morgan fingerprint density at radius 2 is 1.38 bits per heavy atom. The van der Waals surface area contributed by atoms with Gasteiger partial charge in [-0.25, -0.2) is 0 Å². The summed E-state index contributed by atoms with van der Waals surface area (Å²) in [6.07, 6.45) is -2.19. The minimum Gasteiger partial charge on any atom is -0.356 e. The predicted molar refractivity (Wildman–Crippen MR) is 45.7 cm³/mol. The minimum absolute atomic E-state index is 0.0162. The molecule has 0 saturated carbocycles. The molecule has 0 aromatic carbocycles. The molecule has 3 heterocycles. The second-order valence-corrected chi connectivity index (χ2v) is 4.03. The van der Waals surface area contributed by atoms with Crippen LogP contribution in [0.3, 0.4) is 0 Å². The van der Waals surface area contributed by atoms with Crippen molar-refractivity contribution >= 4 is 11.8 Å². The van der Waals surface area contributed by atoms with Crippen molar-refractivity contribution in [3.8, 4) is 0 Å². The molecule has 16 heavy (non-hydrogen) atoms. The predicted octanol–water partition coefficient (Wildman–Crippen LogP) is -3.59. The number of ether oxygens (including phenoxy) is 2. The monoisotopic (exact) mass is 230 g/mol. The van der Waals surface area contributed by atoms with Gasteiger partial charge >= 0.3 is 0 Å². The van der Waals surface area contributed by atoms with Crippen LogP contribution in [0, 0.1) is 0 Å². The molecule has 0 aliphatic carbocycles. The van der Waals surface area contributed by atoms with E-state index in [1.807, 2.05) is 0 Å². The highest BCUT2D eigenvalue weighted by Crippen LogP contribution is 2.37. The van der Waals surface area contributed by atoms with Crippen LogP contribution >= 0.6 is 0 Å². The van der Waals surface area contributed by atoms with E-state index in [-0.39, 0.29) is 13.1 Å². The summed E-state index contributed by atoms with van der Waals surface area (Å²) in [7, 11) is 0. The summed E-state index contributed by atoms with van der Waals surface area (Å²) >= 11 is 0. The standard InChI is InChI=1S/C8H10N2O6/c11-5-7(13)3(1-9-5)15-8(14)4(16-7)2-10-6(8)12/h3-4,13-14H,1-2H2,(H,9,11)(H,10,12)/t3-,4-,7-,8+/m0/s1. The average Bonchev–Trinajstić information content (AvgIpc) is 2.66. The molecule has 4 atom stereocenters. The molecule has 3 aliphatic heterocycles. The van der Waals surface area contributed by atoms with Gasteiger partial charge < -0.3 is 30.3 Å². The quantitative estimate of drug-likeness (QED) is 0.341. The number of amides is 2. The first kappa shape index (κ1) is 9.97. The first-order valence-electron chi connectivity index (χ1n) is 4.84. The summed E-state index contributed by atoms with van der Waals surface area (Å²) in [6, 6.07) is 0. The van der Waals surface area contributed by atoms with E-state index in [2.05, 4.69) is 10.6 Å². The lowest BCUT2D eigenvalue weighted by atomic mass is 10.1. The summed E-state index contributed by atoms with van der Waals surface area (Å²) in [6.45, 7) is -0.0325. The molecule has 0 aromatic rings. The highest BCUT2D eigenvalue weighted by Gasteiger charge is 2.66. The van der Waals surface area contributed by atoms with E-state index < -0.39 is 35.6 Å². The Bertz CT molecular complexity index is 351. The second kappa shape index (κ2) is 2.72. The summed E-state index contributed by atoms with van der Waals surface area (Å²) in [5.74, 6) is -5.69. The van der Waals surface area contributed by atoms with Crippen LogP contribution in [0.2, 0.25) is 0 Å². The smallest absolute Gasteiger partial charge is 0.283 e. The van der Waals surface area contributed by atoms with Crippen LogP contribution < -0.4 is 10.6 Å². The molecular formula is C8H10N2O6. The van der Waals surface area contributed by atoms with Gasteiger partial charge in [-0.15, -0.1) is 0 Å². The zero-order valence-electron chi connectivity index (χ0n) is 8.10. The number of carbonyl (C=O) groups is 2. The minimum atomic E-state index is -2.12.